The van der Waals surface area contributed by atoms with Gasteiger partial charge >= 0.3 is 0 Å². The minimum atomic E-state index is -0.115. The zero-order valence-corrected chi connectivity index (χ0v) is 18.8. The van der Waals surface area contributed by atoms with Gasteiger partial charge in [0.25, 0.3) is 5.56 Å². The Hall–Kier alpha value is -3.16. The van der Waals surface area contributed by atoms with Gasteiger partial charge in [0.05, 0.1) is 16.6 Å². The molecule has 3 aliphatic rings. The average Bonchev–Trinajstić information content (AvgIpc) is 3.25. The molecule has 0 amide bonds. The Morgan fingerprint density at radius 1 is 1.00 bits per heavy atom. The van der Waals surface area contributed by atoms with E-state index in [2.05, 4.69) is 50.9 Å². The molecule has 0 unspecified atom stereocenters. The van der Waals surface area contributed by atoms with Crippen molar-refractivity contribution >= 4 is 16.7 Å². The first-order valence-electron chi connectivity index (χ1n) is 11.3. The van der Waals surface area contributed by atoms with Crippen molar-refractivity contribution in [2.75, 3.05) is 58.3 Å². The van der Waals surface area contributed by atoms with Crippen molar-refractivity contribution in [3.8, 4) is 22.6 Å². The van der Waals surface area contributed by atoms with Crippen LogP contribution < -0.4 is 10.5 Å². The topological polar surface area (TPSA) is 71.3 Å². The van der Waals surface area contributed by atoms with Crippen LogP contribution in [-0.2, 0) is 0 Å². The molecule has 32 heavy (non-hydrogen) atoms. The van der Waals surface area contributed by atoms with E-state index in [1.165, 1.54) is 12.1 Å². The molecule has 0 spiro atoms. The maximum atomic E-state index is 12.6. The Morgan fingerprint density at radius 2 is 1.81 bits per heavy atom. The number of anilines is 1. The summed E-state index contributed by atoms with van der Waals surface area (Å²) in [6.07, 6.45) is 1.21. The minimum Gasteiger partial charge on any atom is -0.369 e. The predicted molar refractivity (Wildman–Crippen MR) is 131 cm³/mol. The number of benzene rings is 1. The fraction of sp³-hybridized carbons (Fsp3) is 0.360. The Morgan fingerprint density at radius 3 is 2.62 bits per heavy atom. The standard InChI is InChI=1S/C25H30N6O/c1-29(2)11-6-12-30-13-15-31(16-14-30)18-9-10-21-22(17-18)27-24(26-21)23-19-7-4-3-5-8-20(19)28-25(23)32/h3-5,7-10,17H,6,11-16H2,1-2H3,(H,26,27)(H,28,32). The largest absolute Gasteiger partial charge is 0.369 e. The molecule has 0 atom stereocenters. The Bertz CT molecular complexity index is 1230. The smallest absolute Gasteiger partial charge is 0.260 e. The van der Waals surface area contributed by atoms with Crippen molar-refractivity contribution in [2.45, 2.75) is 6.42 Å². The Kier molecular flexibility index (Phi) is 5.68. The number of hydrogen-bond acceptors (Lipinski definition) is 5. The van der Waals surface area contributed by atoms with Crippen LogP contribution in [0.15, 0.2) is 53.3 Å². The van der Waals surface area contributed by atoms with E-state index >= 15 is 0 Å². The van der Waals surface area contributed by atoms with Gasteiger partial charge in [-0.3, -0.25) is 9.69 Å². The quantitative estimate of drug-likeness (QED) is 0.492. The fourth-order valence-corrected chi connectivity index (χ4v) is 4.57. The number of aromatic nitrogens is 3. The lowest BCUT2D eigenvalue weighted by atomic mass is 10.1. The number of fused-ring (bicyclic) bond motifs is 2. The number of hydrogen-bond donors (Lipinski definition) is 2. The van der Waals surface area contributed by atoms with Crippen molar-refractivity contribution in [1.82, 2.24) is 24.8 Å². The van der Waals surface area contributed by atoms with E-state index in [0.717, 1.165) is 61.6 Å². The van der Waals surface area contributed by atoms with Crippen LogP contribution in [0, 0.1) is 0 Å². The highest BCUT2D eigenvalue weighted by Gasteiger charge is 2.20. The molecule has 2 aliphatic heterocycles. The molecular formula is C25H30N6O. The summed E-state index contributed by atoms with van der Waals surface area (Å²) in [5.74, 6) is 0.616. The number of rotatable bonds is 6. The SMILES string of the molecule is CN(C)CCCN1CCN(c2ccc3nc(-c4c5cccccc-5[nH]c4=O)[nH]c3c2)CC1. The zero-order chi connectivity index (χ0) is 22.1. The number of piperazine rings is 1. The van der Waals surface area contributed by atoms with Crippen LogP contribution in [0.1, 0.15) is 6.42 Å². The molecular weight excluding hydrogens is 400 g/mol. The van der Waals surface area contributed by atoms with Gasteiger partial charge < -0.3 is 19.8 Å². The van der Waals surface area contributed by atoms with E-state index in [1.807, 2.05) is 36.4 Å². The Balaban J connectivity index is 1.34. The lowest BCUT2D eigenvalue weighted by Gasteiger charge is -2.36. The van der Waals surface area contributed by atoms with Crippen molar-refractivity contribution in [2.24, 2.45) is 0 Å². The van der Waals surface area contributed by atoms with Crippen LogP contribution in [0.25, 0.3) is 33.7 Å². The summed E-state index contributed by atoms with van der Waals surface area (Å²) in [5, 5.41) is 0. The maximum Gasteiger partial charge on any atom is 0.260 e. The summed E-state index contributed by atoms with van der Waals surface area (Å²) in [4.78, 5) is 31.0. The molecule has 5 rings (SSSR count). The number of nitrogens with one attached hydrogen (secondary N) is 2. The molecule has 7 nitrogen and oxygen atoms in total. The summed E-state index contributed by atoms with van der Waals surface area (Å²) in [6, 6.07) is 16.0. The van der Waals surface area contributed by atoms with Crippen molar-refractivity contribution < 1.29 is 0 Å². The van der Waals surface area contributed by atoms with Gasteiger partial charge in [-0.25, -0.2) is 4.98 Å². The molecule has 0 saturated carbocycles. The maximum absolute atomic E-state index is 12.6. The second kappa shape index (κ2) is 8.76. The van der Waals surface area contributed by atoms with Crippen molar-refractivity contribution in [3.05, 3.63) is 58.9 Å². The molecule has 1 fully saturated rings. The summed E-state index contributed by atoms with van der Waals surface area (Å²) in [5.41, 5.74) is 5.22. The highest BCUT2D eigenvalue weighted by atomic mass is 16.1. The molecule has 166 valence electrons. The number of H-pyrrole nitrogens is 2. The second-order valence-corrected chi connectivity index (χ2v) is 8.84. The third kappa shape index (κ3) is 4.13. The number of imidazole rings is 1. The predicted octanol–water partition coefficient (Wildman–Crippen LogP) is 3.10. The summed E-state index contributed by atoms with van der Waals surface area (Å²) in [7, 11) is 4.26. The van der Waals surface area contributed by atoms with Crippen molar-refractivity contribution in [1.29, 1.82) is 0 Å². The minimum absolute atomic E-state index is 0.115. The van der Waals surface area contributed by atoms with E-state index in [9.17, 15) is 4.79 Å². The van der Waals surface area contributed by atoms with Gasteiger partial charge in [-0.15, -0.1) is 0 Å². The van der Waals surface area contributed by atoms with Gasteiger partial charge in [-0.2, -0.15) is 0 Å². The summed E-state index contributed by atoms with van der Waals surface area (Å²) in [6.45, 7) is 6.53. The number of nitrogens with zero attached hydrogens (tertiary/aromatic N) is 4. The van der Waals surface area contributed by atoms with Crippen LogP contribution in [0.3, 0.4) is 0 Å². The molecule has 1 saturated heterocycles. The van der Waals surface area contributed by atoms with Crippen LogP contribution in [0.5, 0.6) is 0 Å². The molecule has 1 aliphatic carbocycles. The summed E-state index contributed by atoms with van der Waals surface area (Å²) >= 11 is 0. The van der Waals surface area contributed by atoms with E-state index in [-0.39, 0.29) is 5.56 Å². The first kappa shape index (κ1) is 20.7. The molecule has 0 radical (unpaired) electrons. The van der Waals surface area contributed by atoms with E-state index in [0.29, 0.717) is 11.4 Å². The van der Waals surface area contributed by atoms with E-state index in [1.54, 1.807) is 0 Å². The Labute approximate surface area is 188 Å². The average molecular weight is 431 g/mol. The third-order valence-corrected chi connectivity index (χ3v) is 6.30. The van der Waals surface area contributed by atoms with E-state index in [4.69, 9.17) is 4.98 Å². The zero-order valence-electron chi connectivity index (χ0n) is 18.8. The molecule has 1 aromatic heterocycles. The highest BCUT2D eigenvalue weighted by molar-refractivity contribution is 5.87. The monoisotopic (exact) mass is 430 g/mol. The first-order chi connectivity index (χ1) is 15.6. The molecule has 0 bridgehead atoms. The van der Waals surface area contributed by atoms with Crippen LogP contribution in [0.2, 0.25) is 0 Å². The van der Waals surface area contributed by atoms with Gasteiger partial charge in [-0.1, -0.05) is 24.3 Å². The molecule has 2 aromatic rings. The fourth-order valence-electron chi connectivity index (χ4n) is 4.57. The molecule has 7 heteroatoms. The summed E-state index contributed by atoms with van der Waals surface area (Å²) < 4.78 is 0. The van der Waals surface area contributed by atoms with Gasteiger partial charge in [0, 0.05) is 43.1 Å². The normalized spacial score (nSPS) is 15.3. The lowest BCUT2D eigenvalue weighted by Crippen LogP contribution is -2.46. The van der Waals surface area contributed by atoms with Crippen molar-refractivity contribution in [3.63, 3.8) is 0 Å². The van der Waals surface area contributed by atoms with Crippen LogP contribution in [0.4, 0.5) is 5.69 Å². The highest BCUT2D eigenvalue weighted by Crippen LogP contribution is 2.30. The van der Waals surface area contributed by atoms with Crippen LogP contribution >= 0.6 is 0 Å². The number of aromatic amines is 2. The molecule has 1 aromatic carbocycles. The van der Waals surface area contributed by atoms with Gasteiger partial charge in [-0.05, 0) is 57.9 Å². The third-order valence-electron chi connectivity index (χ3n) is 6.30. The van der Waals surface area contributed by atoms with Crippen LogP contribution in [-0.4, -0.2) is 78.1 Å². The van der Waals surface area contributed by atoms with Gasteiger partial charge in [0.1, 0.15) is 5.82 Å². The lowest BCUT2D eigenvalue weighted by molar-refractivity contribution is 0.242. The van der Waals surface area contributed by atoms with Gasteiger partial charge in [0.15, 0.2) is 0 Å². The molecule has 2 N–H and O–H groups in total. The molecule has 3 heterocycles. The second-order valence-electron chi connectivity index (χ2n) is 8.84. The van der Waals surface area contributed by atoms with Gasteiger partial charge in [0.2, 0.25) is 0 Å². The first-order valence-corrected chi connectivity index (χ1v) is 11.3. The van der Waals surface area contributed by atoms with E-state index < -0.39 is 0 Å².